The molecule has 0 amide bonds. The van der Waals surface area contributed by atoms with Crippen molar-refractivity contribution in [3.63, 3.8) is 0 Å². The molecule has 0 aliphatic heterocycles. The maximum absolute atomic E-state index is 12.6. The number of carbonyl (C=O) groups excluding carboxylic acids is 1. The first-order chi connectivity index (χ1) is 8.37. The van der Waals surface area contributed by atoms with Crippen LogP contribution in [0.25, 0.3) is 0 Å². The minimum Gasteiger partial charge on any atom is -0.392 e. The fraction of sp³-hybridized carbons (Fsp3) is 0.533. The van der Waals surface area contributed by atoms with Crippen molar-refractivity contribution in [1.29, 1.82) is 0 Å². The Morgan fingerprint density at radius 2 is 1.94 bits per heavy atom. The molecule has 3 aliphatic carbocycles. The molecule has 1 fully saturated rings. The number of Topliss-reactive ketones (excluding diaryl/α,β-unsaturated/α-hetero) is 1. The minimum absolute atomic E-state index is 0.150. The van der Waals surface area contributed by atoms with E-state index in [1.165, 1.54) is 0 Å². The molecule has 18 heavy (non-hydrogen) atoms. The van der Waals surface area contributed by atoms with Crippen molar-refractivity contribution < 1.29 is 15.0 Å². The summed E-state index contributed by atoms with van der Waals surface area (Å²) in [6.07, 6.45) is 3.72. The number of hydrogen-bond acceptors (Lipinski definition) is 3. The zero-order chi connectivity index (χ0) is 13.3. The molecule has 3 nitrogen and oxygen atoms in total. The summed E-state index contributed by atoms with van der Waals surface area (Å²) in [6, 6.07) is 0. The third-order valence-electron chi connectivity index (χ3n) is 5.04. The van der Waals surface area contributed by atoms with Crippen LogP contribution in [0.4, 0.5) is 0 Å². The van der Waals surface area contributed by atoms with Gasteiger partial charge in [0.05, 0.1) is 6.61 Å². The minimum atomic E-state index is -1.32. The Morgan fingerprint density at radius 1 is 1.33 bits per heavy atom. The van der Waals surface area contributed by atoms with Gasteiger partial charge in [0.1, 0.15) is 5.60 Å². The van der Waals surface area contributed by atoms with Crippen molar-refractivity contribution >= 4 is 5.78 Å². The van der Waals surface area contributed by atoms with Gasteiger partial charge in [-0.1, -0.05) is 11.6 Å². The van der Waals surface area contributed by atoms with Crippen molar-refractivity contribution in [3.05, 3.63) is 33.9 Å². The first-order valence-corrected chi connectivity index (χ1v) is 6.38. The van der Waals surface area contributed by atoms with Crippen LogP contribution in [-0.2, 0) is 4.79 Å². The van der Waals surface area contributed by atoms with Gasteiger partial charge in [0.15, 0.2) is 5.78 Å². The average Bonchev–Trinajstić information content (AvgIpc) is 3.06. The number of carbonyl (C=O) groups is 1. The number of ketones is 1. The number of hydrogen-bond donors (Lipinski definition) is 2. The highest BCUT2D eigenvalue weighted by Gasteiger charge is 2.64. The molecule has 0 saturated heterocycles. The summed E-state index contributed by atoms with van der Waals surface area (Å²) >= 11 is 0. The Balaban J connectivity index is 2.31. The fourth-order valence-corrected chi connectivity index (χ4v) is 3.56. The van der Waals surface area contributed by atoms with Crippen molar-refractivity contribution in [3.8, 4) is 0 Å². The molecule has 0 heterocycles. The quantitative estimate of drug-likeness (QED) is 0.740. The zero-order valence-electron chi connectivity index (χ0n) is 11.0. The predicted molar refractivity (Wildman–Crippen MR) is 67.9 cm³/mol. The summed E-state index contributed by atoms with van der Waals surface area (Å²) in [5.74, 6) is -0.224. The molecule has 0 aromatic carbocycles. The van der Waals surface area contributed by atoms with Crippen molar-refractivity contribution in [1.82, 2.24) is 0 Å². The first kappa shape index (κ1) is 11.9. The summed E-state index contributed by atoms with van der Waals surface area (Å²) < 4.78 is 0. The van der Waals surface area contributed by atoms with Gasteiger partial charge < -0.3 is 10.2 Å². The summed E-state index contributed by atoms with van der Waals surface area (Å²) in [5, 5.41) is 20.1. The maximum atomic E-state index is 12.6. The van der Waals surface area contributed by atoms with E-state index in [-0.39, 0.29) is 17.8 Å². The Kier molecular flexibility index (Phi) is 2.13. The highest BCUT2D eigenvalue weighted by Crippen LogP contribution is 2.64. The summed E-state index contributed by atoms with van der Waals surface area (Å²) in [5.41, 5.74) is 2.50. The second kappa shape index (κ2) is 3.22. The third kappa shape index (κ3) is 1.09. The maximum Gasteiger partial charge on any atom is 0.195 e. The Labute approximate surface area is 107 Å². The molecular formula is C15H18O3. The molecular weight excluding hydrogens is 228 g/mol. The molecule has 96 valence electrons. The van der Waals surface area contributed by atoms with Gasteiger partial charge >= 0.3 is 0 Å². The van der Waals surface area contributed by atoms with E-state index in [0.29, 0.717) is 11.1 Å². The van der Waals surface area contributed by atoms with Gasteiger partial charge in [0, 0.05) is 11.0 Å². The smallest absolute Gasteiger partial charge is 0.195 e. The molecule has 1 atom stereocenters. The van der Waals surface area contributed by atoms with Gasteiger partial charge in [-0.2, -0.15) is 0 Å². The van der Waals surface area contributed by atoms with Gasteiger partial charge in [0.2, 0.25) is 0 Å². The highest BCUT2D eigenvalue weighted by atomic mass is 16.3. The molecule has 0 bridgehead atoms. The lowest BCUT2D eigenvalue weighted by molar-refractivity contribution is -0.137. The number of fused-ring (bicyclic) bond motifs is 1. The summed E-state index contributed by atoms with van der Waals surface area (Å²) in [4.78, 5) is 12.6. The highest BCUT2D eigenvalue weighted by molar-refractivity contribution is 6.11. The van der Waals surface area contributed by atoms with E-state index in [9.17, 15) is 15.0 Å². The van der Waals surface area contributed by atoms with E-state index in [1.54, 1.807) is 6.92 Å². The fourth-order valence-electron chi connectivity index (χ4n) is 3.56. The number of allylic oxidation sites excluding steroid dienone is 2. The van der Waals surface area contributed by atoms with Crippen LogP contribution in [0.1, 0.15) is 33.6 Å². The average molecular weight is 246 g/mol. The van der Waals surface area contributed by atoms with Crippen LogP contribution in [0.15, 0.2) is 33.9 Å². The Morgan fingerprint density at radius 3 is 2.44 bits per heavy atom. The van der Waals surface area contributed by atoms with Crippen molar-refractivity contribution in [2.45, 2.75) is 39.2 Å². The van der Waals surface area contributed by atoms with E-state index >= 15 is 0 Å². The second-order valence-corrected chi connectivity index (χ2v) is 5.86. The number of rotatable bonds is 1. The molecule has 1 saturated carbocycles. The van der Waals surface area contributed by atoms with E-state index in [0.717, 1.165) is 29.6 Å². The molecule has 3 rings (SSSR count). The lowest BCUT2D eigenvalue weighted by atomic mass is 9.68. The van der Waals surface area contributed by atoms with Gasteiger partial charge in [-0.25, -0.2) is 0 Å². The van der Waals surface area contributed by atoms with Crippen LogP contribution < -0.4 is 0 Å². The molecule has 0 aromatic rings. The normalized spacial score (nSPS) is 33.2. The molecule has 0 radical (unpaired) electrons. The molecule has 1 spiro atoms. The van der Waals surface area contributed by atoms with Gasteiger partial charge in [-0.15, -0.1) is 0 Å². The first-order valence-electron chi connectivity index (χ1n) is 6.38. The van der Waals surface area contributed by atoms with E-state index in [2.05, 4.69) is 0 Å². The number of aliphatic hydroxyl groups excluding tert-OH is 1. The molecule has 3 heteroatoms. The predicted octanol–water partition coefficient (Wildman–Crippen LogP) is 1.67. The summed E-state index contributed by atoms with van der Waals surface area (Å²) in [7, 11) is 0. The Hall–Kier alpha value is -1.19. The van der Waals surface area contributed by atoms with Crippen molar-refractivity contribution in [2.75, 3.05) is 6.61 Å². The van der Waals surface area contributed by atoms with E-state index in [4.69, 9.17) is 0 Å². The van der Waals surface area contributed by atoms with Gasteiger partial charge in [-0.3, -0.25) is 4.79 Å². The van der Waals surface area contributed by atoms with Crippen LogP contribution in [0, 0.1) is 5.41 Å². The third-order valence-corrected chi connectivity index (χ3v) is 5.04. The molecule has 1 unspecified atom stereocenters. The van der Waals surface area contributed by atoms with Gasteiger partial charge in [-0.05, 0) is 50.3 Å². The van der Waals surface area contributed by atoms with Crippen LogP contribution in [-0.4, -0.2) is 28.2 Å². The second-order valence-electron chi connectivity index (χ2n) is 5.86. The van der Waals surface area contributed by atoms with Gasteiger partial charge in [0.25, 0.3) is 0 Å². The van der Waals surface area contributed by atoms with Crippen LogP contribution in [0.2, 0.25) is 0 Å². The standard InChI is InChI=1S/C15H18O3/c1-8-6-10-9(2)15(4-5-15)14(3,18)13(17)12(10)11(8)7-16/h6,16,18H,4-5,7H2,1-3H3. The zero-order valence-corrected chi connectivity index (χ0v) is 11.0. The van der Waals surface area contributed by atoms with Crippen molar-refractivity contribution in [2.24, 2.45) is 5.41 Å². The SMILES string of the molecule is CC1=CC2=C(C)C3(CC3)C(C)(O)C(=O)C2=C1CO. The van der Waals surface area contributed by atoms with Crippen LogP contribution in [0.3, 0.4) is 0 Å². The lowest BCUT2D eigenvalue weighted by Gasteiger charge is -2.38. The lowest BCUT2D eigenvalue weighted by Crippen LogP contribution is -2.49. The largest absolute Gasteiger partial charge is 0.392 e. The van der Waals surface area contributed by atoms with Crippen LogP contribution in [0.5, 0.6) is 0 Å². The molecule has 0 aromatic heterocycles. The molecule has 2 N–H and O–H groups in total. The van der Waals surface area contributed by atoms with E-state index < -0.39 is 5.60 Å². The molecule has 3 aliphatic rings. The van der Waals surface area contributed by atoms with Crippen LogP contribution >= 0.6 is 0 Å². The summed E-state index contributed by atoms with van der Waals surface area (Å²) in [6.45, 7) is 5.38. The Bertz CT molecular complexity index is 554. The topological polar surface area (TPSA) is 57.5 Å². The number of aliphatic hydroxyl groups is 2. The monoisotopic (exact) mass is 246 g/mol. The van der Waals surface area contributed by atoms with E-state index in [1.807, 2.05) is 19.9 Å².